The van der Waals surface area contributed by atoms with Crippen LogP contribution in [0.25, 0.3) is 0 Å². The maximum Gasteiger partial charge on any atom is 0.185 e. The second kappa shape index (κ2) is 6.37. The van der Waals surface area contributed by atoms with Gasteiger partial charge in [0.15, 0.2) is 9.84 Å². The van der Waals surface area contributed by atoms with E-state index in [0.717, 1.165) is 11.6 Å². The van der Waals surface area contributed by atoms with Crippen molar-refractivity contribution in [3.05, 3.63) is 66.0 Å². The van der Waals surface area contributed by atoms with Gasteiger partial charge in [0.2, 0.25) is 0 Å². The molecule has 0 amide bonds. The first-order valence-corrected chi connectivity index (χ1v) is 8.32. The summed E-state index contributed by atoms with van der Waals surface area (Å²) >= 11 is 0. The van der Waals surface area contributed by atoms with Crippen molar-refractivity contribution < 1.29 is 12.8 Å². The SMILES string of the molecule is CCC(C(N)c1ccccc1)S(=O)(=O)c1ccccc1F. The fourth-order valence-electron chi connectivity index (χ4n) is 2.39. The van der Waals surface area contributed by atoms with Crippen LogP contribution in [-0.2, 0) is 9.84 Å². The number of rotatable bonds is 5. The smallest absolute Gasteiger partial charge is 0.185 e. The topological polar surface area (TPSA) is 60.2 Å². The predicted molar refractivity (Wildman–Crippen MR) is 81.0 cm³/mol. The highest BCUT2D eigenvalue weighted by Crippen LogP contribution is 2.28. The fraction of sp³-hybridized carbons (Fsp3) is 0.250. The predicted octanol–water partition coefficient (Wildman–Crippen LogP) is 3.08. The maximum absolute atomic E-state index is 13.8. The number of sulfone groups is 1. The molecule has 21 heavy (non-hydrogen) atoms. The van der Waals surface area contributed by atoms with Gasteiger partial charge in [0.25, 0.3) is 0 Å². The van der Waals surface area contributed by atoms with E-state index in [1.807, 2.05) is 6.07 Å². The van der Waals surface area contributed by atoms with Crippen LogP contribution in [0.3, 0.4) is 0 Å². The number of benzene rings is 2. The molecule has 0 radical (unpaired) electrons. The van der Waals surface area contributed by atoms with Gasteiger partial charge in [-0.25, -0.2) is 12.8 Å². The quantitative estimate of drug-likeness (QED) is 0.923. The van der Waals surface area contributed by atoms with E-state index < -0.39 is 26.9 Å². The highest BCUT2D eigenvalue weighted by molar-refractivity contribution is 7.92. The van der Waals surface area contributed by atoms with E-state index in [1.165, 1.54) is 18.2 Å². The lowest BCUT2D eigenvalue weighted by molar-refractivity contribution is 0.533. The largest absolute Gasteiger partial charge is 0.323 e. The van der Waals surface area contributed by atoms with Crippen LogP contribution in [0.4, 0.5) is 4.39 Å². The van der Waals surface area contributed by atoms with E-state index >= 15 is 0 Å². The molecule has 2 aromatic carbocycles. The Balaban J connectivity index is 2.44. The molecule has 2 atom stereocenters. The number of nitrogens with two attached hydrogens (primary N) is 1. The van der Waals surface area contributed by atoms with Crippen molar-refractivity contribution in [2.24, 2.45) is 5.73 Å². The Labute approximate surface area is 124 Å². The molecule has 0 aliphatic heterocycles. The third-order valence-electron chi connectivity index (χ3n) is 3.53. The number of halogens is 1. The molecule has 2 N–H and O–H groups in total. The lowest BCUT2D eigenvalue weighted by Crippen LogP contribution is -2.33. The average molecular weight is 307 g/mol. The zero-order valence-electron chi connectivity index (χ0n) is 11.7. The summed E-state index contributed by atoms with van der Waals surface area (Å²) in [4.78, 5) is -0.289. The standard InChI is InChI=1S/C16H18FNO2S/c1-2-14(16(18)12-8-4-3-5-9-12)21(19,20)15-11-7-6-10-13(15)17/h3-11,14,16H,2,18H2,1H3. The summed E-state index contributed by atoms with van der Waals surface area (Å²) in [7, 11) is -3.83. The maximum atomic E-state index is 13.8. The minimum Gasteiger partial charge on any atom is -0.323 e. The summed E-state index contributed by atoms with van der Waals surface area (Å²) in [6.07, 6.45) is 0.312. The van der Waals surface area contributed by atoms with Crippen molar-refractivity contribution in [3.63, 3.8) is 0 Å². The monoisotopic (exact) mass is 307 g/mol. The molecule has 2 rings (SSSR count). The summed E-state index contributed by atoms with van der Waals surface area (Å²) in [5, 5.41) is -0.864. The van der Waals surface area contributed by atoms with Crippen molar-refractivity contribution in [1.29, 1.82) is 0 Å². The van der Waals surface area contributed by atoms with Gasteiger partial charge in [0.1, 0.15) is 10.7 Å². The van der Waals surface area contributed by atoms with Crippen LogP contribution < -0.4 is 5.73 Å². The molecule has 2 aromatic rings. The minimum absolute atomic E-state index is 0.289. The van der Waals surface area contributed by atoms with Gasteiger partial charge in [-0.2, -0.15) is 0 Å². The number of hydrogen-bond acceptors (Lipinski definition) is 3. The molecule has 0 aliphatic rings. The van der Waals surface area contributed by atoms with Gasteiger partial charge in [-0.15, -0.1) is 0 Å². The Morgan fingerprint density at radius 1 is 1.05 bits per heavy atom. The van der Waals surface area contributed by atoms with Gasteiger partial charge in [-0.05, 0) is 24.1 Å². The van der Waals surface area contributed by atoms with Gasteiger partial charge >= 0.3 is 0 Å². The molecule has 0 bridgehead atoms. The zero-order chi connectivity index (χ0) is 15.5. The van der Waals surface area contributed by atoms with Gasteiger partial charge in [-0.1, -0.05) is 49.4 Å². The molecule has 5 heteroatoms. The van der Waals surface area contributed by atoms with Crippen molar-refractivity contribution >= 4 is 9.84 Å². The molecule has 0 spiro atoms. The van der Waals surface area contributed by atoms with Crippen molar-refractivity contribution in [1.82, 2.24) is 0 Å². The van der Waals surface area contributed by atoms with Crippen LogP contribution in [0.15, 0.2) is 59.5 Å². The summed E-state index contributed by atoms with van der Waals surface area (Å²) in [6.45, 7) is 1.74. The molecule has 0 fully saturated rings. The van der Waals surface area contributed by atoms with Gasteiger partial charge in [0, 0.05) is 6.04 Å². The molecule has 2 unspecified atom stereocenters. The van der Waals surface area contributed by atoms with E-state index in [0.29, 0.717) is 6.42 Å². The van der Waals surface area contributed by atoms with Crippen LogP contribution in [-0.4, -0.2) is 13.7 Å². The first kappa shape index (κ1) is 15.7. The van der Waals surface area contributed by atoms with E-state index in [-0.39, 0.29) is 4.90 Å². The summed E-state index contributed by atoms with van der Waals surface area (Å²) in [5.74, 6) is -0.740. The Hall–Kier alpha value is -1.72. The first-order chi connectivity index (χ1) is 9.98. The third kappa shape index (κ3) is 3.14. The average Bonchev–Trinajstić information content (AvgIpc) is 2.48. The fourth-order valence-corrected chi connectivity index (χ4v) is 4.31. The molecular weight excluding hydrogens is 289 g/mol. The van der Waals surface area contributed by atoms with E-state index in [4.69, 9.17) is 5.73 Å². The summed E-state index contributed by atoms with van der Waals surface area (Å²) in [5.41, 5.74) is 6.85. The van der Waals surface area contributed by atoms with Crippen molar-refractivity contribution in [2.75, 3.05) is 0 Å². The second-order valence-electron chi connectivity index (χ2n) is 4.86. The Bertz CT molecular complexity index is 701. The van der Waals surface area contributed by atoms with Crippen LogP contribution in [0.1, 0.15) is 24.9 Å². The zero-order valence-corrected chi connectivity index (χ0v) is 12.6. The minimum atomic E-state index is -3.83. The van der Waals surface area contributed by atoms with Crippen LogP contribution in [0.5, 0.6) is 0 Å². The van der Waals surface area contributed by atoms with Crippen LogP contribution in [0, 0.1) is 5.82 Å². The van der Waals surface area contributed by atoms with Gasteiger partial charge in [-0.3, -0.25) is 0 Å². The van der Waals surface area contributed by atoms with Crippen molar-refractivity contribution in [3.8, 4) is 0 Å². The van der Waals surface area contributed by atoms with E-state index in [9.17, 15) is 12.8 Å². The van der Waals surface area contributed by atoms with E-state index in [1.54, 1.807) is 31.2 Å². The Morgan fingerprint density at radius 3 is 2.19 bits per heavy atom. The number of hydrogen-bond donors (Lipinski definition) is 1. The van der Waals surface area contributed by atoms with E-state index in [2.05, 4.69) is 0 Å². The lowest BCUT2D eigenvalue weighted by atomic mass is 10.0. The van der Waals surface area contributed by atoms with Gasteiger partial charge < -0.3 is 5.73 Å². The molecule has 0 heterocycles. The highest BCUT2D eigenvalue weighted by Gasteiger charge is 2.33. The molecular formula is C16H18FNO2S. The molecule has 112 valence electrons. The van der Waals surface area contributed by atoms with Crippen molar-refractivity contribution in [2.45, 2.75) is 29.5 Å². The summed E-state index contributed by atoms with van der Waals surface area (Å²) in [6, 6.07) is 13.7. The third-order valence-corrected chi connectivity index (χ3v) is 5.90. The van der Waals surface area contributed by atoms with Crippen LogP contribution in [0.2, 0.25) is 0 Å². The molecule has 0 saturated carbocycles. The molecule has 3 nitrogen and oxygen atoms in total. The molecule has 0 aromatic heterocycles. The Kier molecular flexibility index (Phi) is 4.75. The van der Waals surface area contributed by atoms with Crippen LogP contribution >= 0.6 is 0 Å². The lowest BCUT2D eigenvalue weighted by Gasteiger charge is -2.23. The highest BCUT2D eigenvalue weighted by atomic mass is 32.2. The second-order valence-corrected chi connectivity index (χ2v) is 6.99. The molecule has 0 saturated heterocycles. The van der Waals surface area contributed by atoms with Gasteiger partial charge in [0.05, 0.1) is 5.25 Å². The summed E-state index contributed by atoms with van der Waals surface area (Å²) < 4.78 is 39.2. The Morgan fingerprint density at radius 2 is 1.62 bits per heavy atom. The first-order valence-electron chi connectivity index (χ1n) is 6.77. The normalized spacial score (nSPS) is 14.6. The molecule has 0 aliphatic carbocycles.